The van der Waals surface area contributed by atoms with E-state index in [0.29, 0.717) is 25.5 Å². The number of carbonyl (C=O) groups is 1. The number of aromatic nitrogens is 3. The van der Waals surface area contributed by atoms with Gasteiger partial charge in [-0.3, -0.25) is 9.78 Å². The van der Waals surface area contributed by atoms with Crippen molar-refractivity contribution in [1.29, 1.82) is 0 Å². The third kappa shape index (κ3) is 4.43. The summed E-state index contributed by atoms with van der Waals surface area (Å²) in [6.45, 7) is 2.31. The van der Waals surface area contributed by atoms with Crippen molar-refractivity contribution < 1.29 is 13.9 Å². The van der Waals surface area contributed by atoms with Gasteiger partial charge in [-0.2, -0.15) is 0 Å². The van der Waals surface area contributed by atoms with Crippen LogP contribution < -0.4 is 0 Å². The van der Waals surface area contributed by atoms with Crippen molar-refractivity contribution in [2.75, 3.05) is 13.1 Å². The summed E-state index contributed by atoms with van der Waals surface area (Å²) in [4.78, 5) is 22.9. The van der Waals surface area contributed by atoms with Gasteiger partial charge < -0.3 is 18.6 Å². The Labute approximate surface area is 157 Å². The predicted molar refractivity (Wildman–Crippen MR) is 98.0 cm³/mol. The predicted octanol–water partition coefficient (Wildman–Crippen LogP) is 2.74. The van der Waals surface area contributed by atoms with Gasteiger partial charge in [0.2, 0.25) is 0 Å². The van der Waals surface area contributed by atoms with Crippen LogP contribution in [0.5, 0.6) is 0 Å². The van der Waals surface area contributed by atoms with E-state index in [4.69, 9.17) is 9.15 Å². The number of carbonyl (C=O) groups excluding carboxylic acids is 1. The molecule has 4 heterocycles. The second-order valence-corrected chi connectivity index (χ2v) is 6.65. The normalized spacial score (nSPS) is 17.2. The van der Waals surface area contributed by atoms with Crippen molar-refractivity contribution in [2.45, 2.75) is 32.1 Å². The Morgan fingerprint density at radius 3 is 3.04 bits per heavy atom. The minimum atomic E-state index is -0.0852. The molecule has 1 aliphatic heterocycles. The number of hydrogen-bond acceptors (Lipinski definition) is 5. The number of pyridine rings is 1. The summed E-state index contributed by atoms with van der Waals surface area (Å²) in [6, 6.07) is 9.35. The molecule has 0 aliphatic carbocycles. The maximum atomic E-state index is 12.8. The molecule has 0 aromatic carbocycles. The van der Waals surface area contributed by atoms with Crippen LogP contribution >= 0.6 is 0 Å². The number of furan rings is 1. The van der Waals surface area contributed by atoms with E-state index in [1.165, 1.54) is 0 Å². The second kappa shape index (κ2) is 8.18. The Morgan fingerprint density at radius 2 is 2.22 bits per heavy atom. The molecule has 0 saturated carbocycles. The fourth-order valence-corrected chi connectivity index (χ4v) is 3.24. The van der Waals surface area contributed by atoms with Crippen LogP contribution in [0.2, 0.25) is 0 Å². The van der Waals surface area contributed by atoms with Gasteiger partial charge in [0.1, 0.15) is 5.76 Å². The van der Waals surface area contributed by atoms with Gasteiger partial charge in [-0.25, -0.2) is 4.98 Å². The van der Waals surface area contributed by atoms with Gasteiger partial charge >= 0.3 is 0 Å². The first-order valence-corrected chi connectivity index (χ1v) is 9.13. The van der Waals surface area contributed by atoms with Crippen LogP contribution in [0.4, 0.5) is 0 Å². The highest BCUT2D eigenvalue weighted by Crippen LogP contribution is 2.19. The van der Waals surface area contributed by atoms with Gasteiger partial charge in [0.25, 0.3) is 5.91 Å². The Bertz CT molecular complexity index is 861. The summed E-state index contributed by atoms with van der Waals surface area (Å²) in [6.07, 6.45) is 8.94. The van der Waals surface area contributed by atoms with E-state index in [9.17, 15) is 4.79 Å². The summed E-state index contributed by atoms with van der Waals surface area (Å²) in [7, 11) is 0. The standard InChI is InChI=1S/C20H22N4O3/c25-20(19-7-6-18(27-19)12-23-11-9-21-15-23)24-10-3-5-17(13-24)26-14-16-4-1-2-8-22-16/h1-2,4,6-9,11,15,17H,3,5,10,12-14H2/t17-/m1/s1. The molecule has 3 aromatic heterocycles. The van der Waals surface area contributed by atoms with E-state index < -0.39 is 0 Å². The van der Waals surface area contributed by atoms with E-state index in [2.05, 4.69) is 9.97 Å². The first-order valence-electron chi connectivity index (χ1n) is 9.13. The highest BCUT2D eigenvalue weighted by molar-refractivity contribution is 5.91. The zero-order valence-electron chi connectivity index (χ0n) is 15.0. The number of ether oxygens (including phenoxy) is 1. The number of nitrogens with zero attached hydrogens (tertiary/aromatic N) is 4. The minimum Gasteiger partial charge on any atom is -0.454 e. The summed E-state index contributed by atoms with van der Waals surface area (Å²) in [5.74, 6) is 1.02. The molecule has 0 spiro atoms. The van der Waals surface area contributed by atoms with Crippen LogP contribution in [-0.2, 0) is 17.9 Å². The molecule has 0 N–H and O–H groups in total. The van der Waals surface area contributed by atoms with E-state index in [-0.39, 0.29) is 12.0 Å². The monoisotopic (exact) mass is 366 g/mol. The number of likely N-dealkylation sites (tertiary alicyclic amines) is 1. The Hall–Kier alpha value is -2.93. The maximum absolute atomic E-state index is 12.8. The molecule has 0 unspecified atom stereocenters. The molecule has 0 bridgehead atoms. The summed E-state index contributed by atoms with van der Waals surface area (Å²) in [5, 5.41) is 0. The number of amides is 1. The van der Waals surface area contributed by atoms with Crippen molar-refractivity contribution in [3.63, 3.8) is 0 Å². The second-order valence-electron chi connectivity index (χ2n) is 6.65. The third-order valence-corrected chi connectivity index (χ3v) is 4.63. The van der Waals surface area contributed by atoms with Crippen molar-refractivity contribution in [3.8, 4) is 0 Å². The number of imidazole rings is 1. The molecule has 7 heteroatoms. The topological polar surface area (TPSA) is 73.4 Å². The SMILES string of the molecule is O=C(c1ccc(Cn2ccnc2)o1)N1CCC[C@@H](OCc2ccccn2)C1. The van der Waals surface area contributed by atoms with Gasteiger partial charge in [0, 0.05) is 31.7 Å². The molecular weight excluding hydrogens is 344 g/mol. The lowest BCUT2D eigenvalue weighted by atomic mass is 10.1. The molecule has 7 nitrogen and oxygen atoms in total. The zero-order chi connectivity index (χ0) is 18.5. The smallest absolute Gasteiger partial charge is 0.289 e. The van der Waals surface area contributed by atoms with E-state index in [0.717, 1.165) is 30.8 Å². The molecular formula is C20H22N4O3. The van der Waals surface area contributed by atoms with Gasteiger partial charge in [-0.1, -0.05) is 6.07 Å². The Morgan fingerprint density at radius 1 is 1.26 bits per heavy atom. The average Bonchev–Trinajstić information content (AvgIpc) is 3.39. The fraction of sp³-hybridized carbons (Fsp3) is 0.350. The molecule has 3 aromatic rings. The Kier molecular flexibility index (Phi) is 5.29. The molecule has 1 atom stereocenters. The highest BCUT2D eigenvalue weighted by Gasteiger charge is 2.26. The molecule has 4 rings (SSSR count). The van der Waals surface area contributed by atoms with Crippen molar-refractivity contribution in [2.24, 2.45) is 0 Å². The maximum Gasteiger partial charge on any atom is 0.289 e. The lowest BCUT2D eigenvalue weighted by Gasteiger charge is -2.32. The highest BCUT2D eigenvalue weighted by atomic mass is 16.5. The lowest BCUT2D eigenvalue weighted by Crippen LogP contribution is -2.43. The van der Waals surface area contributed by atoms with Crippen LogP contribution in [-0.4, -0.2) is 44.5 Å². The summed E-state index contributed by atoms with van der Waals surface area (Å²) >= 11 is 0. The van der Waals surface area contributed by atoms with E-state index in [1.54, 1.807) is 24.8 Å². The van der Waals surface area contributed by atoms with Crippen LogP contribution in [0.3, 0.4) is 0 Å². The average molecular weight is 366 g/mol. The van der Waals surface area contributed by atoms with Crippen LogP contribution in [0.25, 0.3) is 0 Å². The molecule has 1 aliphatic rings. The largest absolute Gasteiger partial charge is 0.454 e. The van der Waals surface area contributed by atoms with Crippen LogP contribution in [0.15, 0.2) is 59.7 Å². The molecule has 0 radical (unpaired) electrons. The van der Waals surface area contributed by atoms with Gasteiger partial charge in [0.05, 0.1) is 31.3 Å². The lowest BCUT2D eigenvalue weighted by molar-refractivity contribution is -0.00867. The van der Waals surface area contributed by atoms with Crippen LogP contribution in [0, 0.1) is 0 Å². The van der Waals surface area contributed by atoms with Gasteiger partial charge in [0.15, 0.2) is 5.76 Å². The van der Waals surface area contributed by atoms with E-state index >= 15 is 0 Å². The molecule has 1 fully saturated rings. The Balaban J connectivity index is 1.33. The summed E-state index contributed by atoms with van der Waals surface area (Å²) in [5.41, 5.74) is 0.899. The minimum absolute atomic E-state index is 0.0186. The quantitative estimate of drug-likeness (QED) is 0.671. The summed E-state index contributed by atoms with van der Waals surface area (Å²) < 4.78 is 13.6. The first-order chi connectivity index (χ1) is 13.3. The number of hydrogen-bond donors (Lipinski definition) is 0. The fourth-order valence-electron chi connectivity index (χ4n) is 3.24. The van der Waals surface area contributed by atoms with Crippen molar-refractivity contribution in [1.82, 2.24) is 19.4 Å². The van der Waals surface area contributed by atoms with Crippen molar-refractivity contribution in [3.05, 3.63) is 72.5 Å². The first kappa shape index (κ1) is 17.5. The number of rotatable bonds is 6. The number of piperidine rings is 1. The van der Waals surface area contributed by atoms with Gasteiger partial charge in [-0.05, 0) is 37.1 Å². The molecule has 1 saturated heterocycles. The molecule has 1 amide bonds. The zero-order valence-corrected chi connectivity index (χ0v) is 15.0. The third-order valence-electron chi connectivity index (χ3n) is 4.63. The molecule has 27 heavy (non-hydrogen) atoms. The van der Waals surface area contributed by atoms with E-state index in [1.807, 2.05) is 39.9 Å². The van der Waals surface area contributed by atoms with Crippen LogP contribution in [0.1, 0.15) is 34.9 Å². The molecule has 140 valence electrons. The van der Waals surface area contributed by atoms with Crippen molar-refractivity contribution >= 4 is 5.91 Å². The van der Waals surface area contributed by atoms with Gasteiger partial charge in [-0.15, -0.1) is 0 Å².